The van der Waals surface area contributed by atoms with E-state index in [9.17, 15) is 18.0 Å². The third-order valence-corrected chi connectivity index (χ3v) is 5.71. The number of benzene rings is 1. The Hall–Kier alpha value is -1.68. The summed E-state index contributed by atoms with van der Waals surface area (Å²) in [4.78, 5) is 24.6. The van der Waals surface area contributed by atoms with Crippen molar-refractivity contribution in [1.82, 2.24) is 9.62 Å². The van der Waals surface area contributed by atoms with Crippen LogP contribution in [0.4, 0.5) is 0 Å². The maximum atomic E-state index is 12.5. The number of carbonyl (C=O) groups is 2. The molecule has 1 heterocycles. The van der Waals surface area contributed by atoms with E-state index < -0.39 is 28.5 Å². The lowest BCUT2D eigenvalue weighted by Crippen LogP contribution is -2.32. The molecule has 0 radical (unpaired) electrons. The summed E-state index contributed by atoms with van der Waals surface area (Å²) >= 11 is 5.99. The topological polar surface area (TPSA) is 102 Å². The molecule has 0 saturated carbocycles. The van der Waals surface area contributed by atoms with E-state index in [0.717, 1.165) is 18.9 Å². The molecule has 144 valence electrons. The number of nitrogens with zero attached hydrogens (tertiary/aromatic N) is 1. The van der Waals surface area contributed by atoms with Crippen molar-refractivity contribution in [3.8, 4) is 0 Å². The second-order valence-corrected chi connectivity index (χ2v) is 8.14. The van der Waals surface area contributed by atoms with E-state index in [1.807, 2.05) is 0 Å². The molecular formula is C16H21ClN2O6S. The van der Waals surface area contributed by atoms with Crippen LogP contribution in [-0.4, -0.2) is 65.2 Å². The van der Waals surface area contributed by atoms with Gasteiger partial charge in [0.25, 0.3) is 5.91 Å². The number of hydrogen-bond acceptors (Lipinski definition) is 6. The van der Waals surface area contributed by atoms with Gasteiger partial charge in [0.2, 0.25) is 10.0 Å². The molecule has 2 rings (SSSR count). The molecule has 26 heavy (non-hydrogen) atoms. The molecule has 1 atom stereocenters. The van der Waals surface area contributed by atoms with E-state index in [4.69, 9.17) is 21.1 Å². The second-order valence-electron chi connectivity index (χ2n) is 6.00. The van der Waals surface area contributed by atoms with Crippen molar-refractivity contribution >= 4 is 33.5 Å². The van der Waals surface area contributed by atoms with Gasteiger partial charge in [-0.25, -0.2) is 17.9 Å². The molecule has 1 aliphatic rings. The maximum absolute atomic E-state index is 12.5. The minimum atomic E-state index is -3.92. The Morgan fingerprint density at radius 2 is 2.12 bits per heavy atom. The summed E-state index contributed by atoms with van der Waals surface area (Å²) in [7, 11) is -0.863. The minimum Gasteiger partial charge on any atom is -0.452 e. The molecule has 0 unspecified atom stereocenters. The van der Waals surface area contributed by atoms with Crippen LogP contribution in [0.5, 0.6) is 0 Å². The van der Waals surface area contributed by atoms with Crippen LogP contribution in [-0.2, 0) is 24.3 Å². The van der Waals surface area contributed by atoms with Crippen molar-refractivity contribution in [2.75, 3.05) is 33.9 Å². The first-order valence-electron chi connectivity index (χ1n) is 7.99. The highest BCUT2D eigenvalue weighted by atomic mass is 35.5. The van der Waals surface area contributed by atoms with Gasteiger partial charge >= 0.3 is 5.97 Å². The Labute approximate surface area is 157 Å². The third-order valence-electron chi connectivity index (χ3n) is 3.81. The Morgan fingerprint density at radius 1 is 1.38 bits per heavy atom. The second kappa shape index (κ2) is 8.81. The first-order valence-corrected chi connectivity index (χ1v) is 9.85. The van der Waals surface area contributed by atoms with E-state index in [1.54, 1.807) is 0 Å². The molecule has 1 fully saturated rings. The van der Waals surface area contributed by atoms with Gasteiger partial charge in [0, 0.05) is 27.2 Å². The van der Waals surface area contributed by atoms with Crippen LogP contribution in [0.3, 0.4) is 0 Å². The van der Waals surface area contributed by atoms with Crippen molar-refractivity contribution in [3.63, 3.8) is 0 Å². The van der Waals surface area contributed by atoms with Crippen molar-refractivity contribution in [3.05, 3.63) is 28.8 Å². The first-order chi connectivity index (χ1) is 12.2. The fourth-order valence-electron chi connectivity index (χ4n) is 2.26. The normalized spacial score (nSPS) is 17.1. The summed E-state index contributed by atoms with van der Waals surface area (Å²) in [6, 6.07) is 3.76. The predicted molar refractivity (Wildman–Crippen MR) is 94.6 cm³/mol. The van der Waals surface area contributed by atoms with Crippen LogP contribution < -0.4 is 4.72 Å². The van der Waals surface area contributed by atoms with Gasteiger partial charge in [-0.15, -0.1) is 0 Å². The molecule has 1 saturated heterocycles. The molecule has 1 amide bonds. The van der Waals surface area contributed by atoms with Crippen molar-refractivity contribution in [2.24, 2.45) is 0 Å². The summed E-state index contributed by atoms with van der Waals surface area (Å²) in [5.74, 6) is -1.20. The number of halogens is 1. The number of sulfonamides is 1. The van der Waals surface area contributed by atoms with E-state index in [1.165, 1.54) is 31.1 Å². The van der Waals surface area contributed by atoms with Gasteiger partial charge in [0.1, 0.15) is 4.90 Å². The zero-order valence-electron chi connectivity index (χ0n) is 14.5. The van der Waals surface area contributed by atoms with Gasteiger partial charge < -0.3 is 14.4 Å². The standard InChI is InChI=1S/C16H21ClN2O6S/c1-19(2)15(20)10-25-16(21)11-5-6-13(17)14(8-11)26(22,23)18-9-12-4-3-7-24-12/h5-6,8,12,18H,3-4,7,9-10H2,1-2H3/t12-/m0/s1. The van der Waals surface area contributed by atoms with E-state index in [-0.39, 0.29) is 28.1 Å². The Morgan fingerprint density at radius 3 is 2.73 bits per heavy atom. The minimum absolute atomic E-state index is 0.0153. The van der Waals surface area contributed by atoms with E-state index in [0.29, 0.717) is 6.61 Å². The smallest absolute Gasteiger partial charge is 0.338 e. The molecule has 1 aromatic rings. The van der Waals surface area contributed by atoms with Gasteiger partial charge in [-0.3, -0.25) is 4.79 Å². The lowest BCUT2D eigenvalue weighted by molar-refractivity contribution is -0.131. The summed E-state index contributed by atoms with van der Waals surface area (Å²) in [5.41, 5.74) is -0.0153. The van der Waals surface area contributed by atoms with Gasteiger partial charge in [0.05, 0.1) is 16.7 Å². The van der Waals surface area contributed by atoms with Crippen LogP contribution in [0.2, 0.25) is 5.02 Å². The first kappa shape index (κ1) is 20.6. The lowest BCUT2D eigenvalue weighted by atomic mass is 10.2. The number of likely N-dealkylation sites (N-methyl/N-ethyl adjacent to an activating group) is 1. The van der Waals surface area contributed by atoms with Crippen LogP contribution in [0.1, 0.15) is 23.2 Å². The molecule has 0 spiro atoms. The Kier molecular flexibility index (Phi) is 6.99. The van der Waals surface area contributed by atoms with Gasteiger partial charge in [-0.05, 0) is 31.0 Å². The average molecular weight is 405 g/mol. The monoisotopic (exact) mass is 404 g/mol. The molecular weight excluding hydrogens is 384 g/mol. The quantitative estimate of drug-likeness (QED) is 0.681. The van der Waals surface area contributed by atoms with Crippen LogP contribution in [0, 0.1) is 0 Å². The number of nitrogens with one attached hydrogen (secondary N) is 1. The molecule has 0 aliphatic carbocycles. The molecule has 1 N–H and O–H groups in total. The highest BCUT2D eigenvalue weighted by Gasteiger charge is 2.24. The summed E-state index contributed by atoms with van der Waals surface area (Å²) in [6.45, 7) is 0.304. The molecule has 1 aliphatic heterocycles. The summed E-state index contributed by atoms with van der Waals surface area (Å²) in [5, 5.41) is -0.0224. The zero-order valence-corrected chi connectivity index (χ0v) is 16.1. The lowest BCUT2D eigenvalue weighted by Gasteiger charge is -2.13. The summed E-state index contributed by atoms with van der Waals surface area (Å²) in [6.07, 6.45) is 1.50. The fourth-order valence-corrected chi connectivity index (χ4v) is 3.85. The number of esters is 1. The highest BCUT2D eigenvalue weighted by Crippen LogP contribution is 2.23. The molecule has 0 bridgehead atoms. The number of amides is 1. The largest absolute Gasteiger partial charge is 0.452 e. The van der Waals surface area contributed by atoms with Gasteiger partial charge in [-0.1, -0.05) is 11.6 Å². The Balaban J connectivity index is 2.09. The van der Waals surface area contributed by atoms with Crippen molar-refractivity contribution < 1.29 is 27.5 Å². The number of ether oxygens (including phenoxy) is 2. The van der Waals surface area contributed by atoms with Crippen LogP contribution in [0.15, 0.2) is 23.1 Å². The zero-order chi connectivity index (χ0) is 19.3. The van der Waals surface area contributed by atoms with E-state index >= 15 is 0 Å². The number of rotatable bonds is 7. The fraction of sp³-hybridized carbons (Fsp3) is 0.500. The highest BCUT2D eigenvalue weighted by molar-refractivity contribution is 7.89. The number of carbonyl (C=O) groups excluding carboxylic acids is 2. The maximum Gasteiger partial charge on any atom is 0.338 e. The van der Waals surface area contributed by atoms with Crippen molar-refractivity contribution in [1.29, 1.82) is 0 Å². The SMILES string of the molecule is CN(C)C(=O)COC(=O)c1ccc(Cl)c(S(=O)(=O)NC[C@@H]2CCCO2)c1. The Bertz CT molecular complexity index is 775. The molecule has 0 aromatic heterocycles. The average Bonchev–Trinajstić information content (AvgIpc) is 3.11. The molecule has 10 heteroatoms. The van der Waals surface area contributed by atoms with E-state index in [2.05, 4.69) is 4.72 Å². The third kappa shape index (κ3) is 5.41. The molecule has 1 aromatic carbocycles. The van der Waals surface area contributed by atoms with Crippen LogP contribution in [0.25, 0.3) is 0 Å². The van der Waals surface area contributed by atoms with Crippen LogP contribution >= 0.6 is 11.6 Å². The number of hydrogen-bond donors (Lipinski definition) is 1. The van der Waals surface area contributed by atoms with Crippen molar-refractivity contribution in [2.45, 2.75) is 23.8 Å². The van der Waals surface area contributed by atoms with Gasteiger partial charge in [-0.2, -0.15) is 0 Å². The molecule has 8 nitrogen and oxygen atoms in total. The summed E-state index contributed by atoms with van der Waals surface area (Å²) < 4.78 is 37.7. The predicted octanol–water partition coefficient (Wildman–Crippen LogP) is 1.04. The van der Waals surface area contributed by atoms with Gasteiger partial charge in [0.15, 0.2) is 6.61 Å².